The monoisotopic (exact) mass is 454 g/mol. The first kappa shape index (κ1) is 25.1. The van der Waals surface area contributed by atoms with Crippen LogP contribution in [0.1, 0.15) is 16.8 Å². The van der Waals surface area contributed by atoms with Gasteiger partial charge in [0.1, 0.15) is 0 Å². The lowest BCUT2D eigenvalue weighted by molar-refractivity contribution is -0.138. The molecular weight excluding hydrogens is 438 g/mol. The van der Waals surface area contributed by atoms with E-state index in [0.29, 0.717) is 17.1 Å². The van der Waals surface area contributed by atoms with Crippen LogP contribution in [0.15, 0.2) is 59.4 Å². The molecule has 30 heavy (non-hydrogen) atoms. The summed E-state index contributed by atoms with van der Waals surface area (Å²) in [6.07, 6.45) is -8.65. The number of hydrazine groups is 1. The fourth-order valence-electron chi connectivity index (χ4n) is 2.26. The van der Waals surface area contributed by atoms with Gasteiger partial charge in [-0.2, -0.15) is 26.3 Å². The maximum atomic E-state index is 12.3. The van der Waals surface area contributed by atoms with E-state index in [4.69, 9.17) is 5.84 Å². The van der Waals surface area contributed by atoms with E-state index in [1.807, 2.05) is 0 Å². The molecule has 0 atom stereocenters. The number of rotatable bonds is 2. The lowest BCUT2D eigenvalue weighted by atomic mass is 10.2. The van der Waals surface area contributed by atoms with E-state index in [-0.39, 0.29) is 18.0 Å². The van der Waals surface area contributed by atoms with Gasteiger partial charge >= 0.3 is 12.4 Å². The molecule has 0 radical (unpaired) electrons. The van der Waals surface area contributed by atoms with E-state index in [0.717, 1.165) is 24.3 Å². The van der Waals surface area contributed by atoms with Crippen molar-refractivity contribution >= 4 is 18.1 Å². The van der Waals surface area contributed by atoms with E-state index in [9.17, 15) is 31.1 Å². The minimum absolute atomic E-state index is 0. The zero-order valence-corrected chi connectivity index (χ0v) is 16.1. The SMILES string of the molecule is Cc1cc(=O)n(-c2ccc(C(F)(F)F)cc2)[nH]1.Cl.NNc1ccc(C(F)(F)F)cc1. The molecule has 0 amide bonds. The number of aromatic nitrogens is 2. The summed E-state index contributed by atoms with van der Waals surface area (Å²) in [5, 5.41) is 2.74. The van der Waals surface area contributed by atoms with Crippen LogP contribution in [0.4, 0.5) is 32.0 Å². The number of aryl methyl sites for hydroxylation is 1. The summed E-state index contributed by atoms with van der Waals surface area (Å²) in [6, 6.07) is 10.2. The van der Waals surface area contributed by atoms with E-state index >= 15 is 0 Å². The van der Waals surface area contributed by atoms with E-state index < -0.39 is 23.5 Å². The number of anilines is 1. The first-order valence-corrected chi connectivity index (χ1v) is 8.02. The van der Waals surface area contributed by atoms with Crippen molar-refractivity contribution < 1.29 is 26.3 Å². The molecule has 3 aromatic rings. The minimum Gasteiger partial charge on any atom is -0.324 e. The Balaban J connectivity index is 0.000000308. The van der Waals surface area contributed by atoms with Gasteiger partial charge in [-0.3, -0.25) is 15.7 Å². The van der Waals surface area contributed by atoms with E-state index in [2.05, 4.69) is 10.5 Å². The summed E-state index contributed by atoms with van der Waals surface area (Å²) in [4.78, 5) is 11.4. The summed E-state index contributed by atoms with van der Waals surface area (Å²) in [7, 11) is 0. The van der Waals surface area contributed by atoms with Crippen LogP contribution in [0.25, 0.3) is 5.69 Å². The molecular formula is C18H17ClF6N4O. The quantitative estimate of drug-likeness (QED) is 0.293. The zero-order valence-electron chi connectivity index (χ0n) is 15.3. The van der Waals surface area contributed by atoms with Gasteiger partial charge in [-0.05, 0) is 55.5 Å². The number of nitrogens with zero attached hydrogens (tertiary/aromatic N) is 1. The maximum absolute atomic E-state index is 12.3. The molecule has 0 spiro atoms. The Morgan fingerprint density at radius 1 is 0.867 bits per heavy atom. The van der Waals surface area contributed by atoms with Gasteiger partial charge in [0.2, 0.25) is 0 Å². The third kappa shape index (κ3) is 6.56. The van der Waals surface area contributed by atoms with Gasteiger partial charge in [0.05, 0.1) is 16.8 Å². The topological polar surface area (TPSA) is 75.8 Å². The van der Waals surface area contributed by atoms with Gasteiger partial charge in [0.25, 0.3) is 5.56 Å². The molecule has 1 aromatic heterocycles. The van der Waals surface area contributed by atoms with Crippen LogP contribution in [0.3, 0.4) is 0 Å². The molecule has 4 N–H and O–H groups in total. The molecule has 0 aliphatic rings. The maximum Gasteiger partial charge on any atom is 0.416 e. The van der Waals surface area contributed by atoms with Gasteiger partial charge in [-0.25, -0.2) is 4.68 Å². The molecule has 164 valence electrons. The molecule has 12 heteroatoms. The summed E-state index contributed by atoms with van der Waals surface area (Å²) >= 11 is 0. The predicted molar refractivity (Wildman–Crippen MR) is 103 cm³/mol. The van der Waals surface area contributed by atoms with Crippen molar-refractivity contribution in [2.75, 3.05) is 5.43 Å². The number of hydrogen-bond donors (Lipinski definition) is 3. The van der Waals surface area contributed by atoms with Crippen LogP contribution in [0.2, 0.25) is 0 Å². The fourth-order valence-corrected chi connectivity index (χ4v) is 2.26. The molecule has 0 fully saturated rings. The molecule has 0 aliphatic heterocycles. The van der Waals surface area contributed by atoms with Crippen LogP contribution in [-0.4, -0.2) is 9.78 Å². The van der Waals surface area contributed by atoms with Crippen molar-refractivity contribution in [1.29, 1.82) is 0 Å². The van der Waals surface area contributed by atoms with Gasteiger partial charge in [0, 0.05) is 17.4 Å². The number of hydrogen-bond acceptors (Lipinski definition) is 3. The van der Waals surface area contributed by atoms with E-state index in [1.54, 1.807) is 6.92 Å². The number of nitrogens with one attached hydrogen (secondary N) is 2. The molecule has 1 heterocycles. The summed E-state index contributed by atoms with van der Waals surface area (Å²) in [5.74, 6) is 4.98. The summed E-state index contributed by atoms with van der Waals surface area (Å²) in [6.45, 7) is 1.70. The lowest BCUT2D eigenvalue weighted by Crippen LogP contribution is -2.14. The van der Waals surface area contributed by atoms with Crippen molar-refractivity contribution in [3.05, 3.63) is 81.8 Å². The normalized spacial score (nSPS) is 11.2. The molecule has 2 aromatic carbocycles. The van der Waals surface area contributed by atoms with Gasteiger partial charge < -0.3 is 5.43 Å². The van der Waals surface area contributed by atoms with Crippen molar-refractivity contribution in [3.63, 3.8) is 0 Å². The van der Waals surface area contributed by atoms with E-state index in [1.165, 1.54) is 35.0 Å². The van der Waals surface area contributed by atoms with Gasteiger partial charge in [-0.1, -0.05) is 0 Å². The van der Waals surface area contributed by atoms with Crippen LogP contribution < -0.4 is 16.8 Å². The highest BCUT2D eigenvalue weighted by Gasteiger charge is 2.30. The Labute approximate surface area is 172 Å². The number of nitrogens with two attached hydrogens (primary N) is 1. The van der Waals surface area contributed by atoms with Crippen molar-refractivity contribution in [3.8, 4) is 5.69 Å². The number of aromatic amines is 1. The Bertz CT molecular complexity index is 992. The van der Waals surface area contributed by atoms with Crippen LogP contribution in [0, 0.1) is 6.92 Å². The van der Waals surface area contributed by atoms with Crippen LogP contribution in [0.5, 0.6) is 0 Å². The molecule has 0 bridgehead atoms. The number of halogens is 7. The average Bonchev–Trinajstić information content (AvgIpc) is 2.99. The predicted octanol–water partition coefficient (Wildman–Crippen LogP) is 4.91. The average molecular weight is 455 g/mol. The standard InChI is InChI=1S/C11H9F3N2O.C7H7F3N2.ClH/c1-7-6-10(17)16(15-7)9-4-2-8(3-5-9)11(12,13)14;8-7(9,10)5-1-3-6(12-11)4-2-5;/h2-6,15H,1H3;1-4,12H,11H2;1H. The smallest absolute Gasteiger partial charge is 0.324 e. The highest BCUT2D eigenvalue weighted by atomic mass is 35.5. The first-order valence-electron chi connectivity index (χ1n) is 8.02. The number of benzene rings is 2. The number of nitrogen functional groups attached to an aromatic ring is 1. The van der Waals surface area contributed by atoms with Crippen LogP contribution >= 0.6 is 12.4 Å². The van der Waals surface area contributed by atoms with Crippen molar-refractivity contribution in [2.24, 2.45) is 5.84 Å². The summed E-state index contributed by atoms with van der Waals surface area (Å²) in [5.41, 5.74) is 1.98. The summed E-state index contributed by atoms with van der Waals surface area (Å²) < 4.78 is 74.1. The van der Waals surface area contributed by atoms with Crippen molar-refractivity contribution in [1.82, 2.24) is 9.78 Å². The second-order valence-corrected chi connectivity index (χ2v) is 5.88. The Kier molecular flexibility index (Phi) is 8.14. The Morgan fingerprint density at radius 2 is 1.30 bits per heavy atom. The molecule has 5 nitrogen and oxygen atoms in total. The third-order valence-corrected chi connectivity index (χ3v) is 3.68. The van der Waals surface area contributed by atoms with Crippen LogP contribution in [-0.2, 0) is 12.4 Å². The molecule has 0 saturated carbocycles. The molecule has 0 unspecified atom stereocenters. The second kappa shape index (κ2) is 9.72. The number of H-pyrrole nitrogens is 1. The minimum atomic E-state index is -4.37. The highest BCUT2D eigenvalue weighted by molar-refractivity contribution is 5.85. The number of alkyl halides is 6. The second-order valence-electron chi connectivity index (χ2n) is 5.88. The lowest BCUT2D eigenvalue weighted by Gasteiger charge is -2.07. The van der Waals surface area contributed by atoms with Gasteiger partial charge in [-0.15, -0.1) is 12.4 Å². The molecule has 0 saturated heterocycles. The van der Waals surface area contributed by atoms with Crippen molar-refractivity contribution in [2.45, 2.75) is 19.3 Å². The molecule has 3 rings (SSSR count). The Morgan fingerprint density at radius 3 is 1.63 bits per heavy atom. The Hall–Kier alpha value is -2.92. The fraction of sp³-hybridized carbons (Fsp3) is 0.167. The zero-order chi connectivity index (χ0) is 21.8. The first-order chi connectivity index (χ1) is 13.4. The largest absolute Gasteiger partial charge is 0.416 e. The molecule has 0 aliphatic carbocycles. The third-order valence-electron chi connectivity index (χ3n) is 3.68. The highest BCUT2D eigenvalue weighted by Crippen LogP contribution is 2.30. The van der Waals surface area contributed by atoms with Gasteiger partial charge in [0.15, 0.2) is 0 Å².